The summed E-state index contributed by atoms with van der Waals surface area (Å²) in [4.78, 5) is 0. The topological polar surface area (TPSA) is 0 Å². The largest absolute Gasteiger partial charge is 0.0776 e. The zero-order valence-corrected chi connectivity index (χ0v) is 67.7. The first-order valence-corrected chi connectivity index (χ1v) is 34.3. The van der Waals surface area contributed by atoms with Crippen molar-refractivity contribution in [1.82, 2.24) is 0 Å². The first kappa shape index (κ1) is 239. The van der Waals surface area contributed by atoms with E-state index in [9.17, 15) is 0 Å². The molecule has 0 aromatic rings. The zero-order valence-electron chi connectivity index (χ0n) is 67.7. The highest BCUT2D eigenvalue weighted by Gasteiger charge is 1.38. The molecular weight excluding hydrogens is 865 g/mol. The Morgan fingerprint density at radius 3 is 0.0833 bits per heavy atom. The molecule has 0 nitrogen and oxygen atoms in total. The molecule has 0 heteroatoms. The van der Waals surface area contributed by atoms with Crippen LogP contribution in [-0.4, -0.2) is 0 Å². The molecular formula is C72H210. The van der Waals surface area contributed by atoms with Crippen molar-refractivity contribution in [3.05, 3.63) is 0 Å². The summed E-state index contributed by atoms with van der Waals surface area (Å²) in [5.41, 5.74) is 0. The van der Waals surface area contributed by atoms with Gasteiger partial charge in [0.25, 0.3) is 0 Å². The molecule has 0 N–H and O–H groups in total. The van der Waals surface area contributed by atoms with Crippen LogP contribution in [0.2, 0.25) is 0 Å². The molecule has 0 aliphatic heterocycles. The predicted molar refractivity (Wildman–Crippen MR) is 402 cm³/mol. The van der Waals surface area contributed by atoms with Gasteiger partial charge in [0.2, 0.25) is 0 Å². The lowest BCUT2D eigenvalue weighted by Gasteiger charge is -1.48. The summed E-state index contributed by atoms with van der Waals surface area (Å²) < 4.78 is 0. The Morgan fingerprint density at radius 1 is 0.0833 bits per heavy atom. The van der Waals surface area contributed by atoms with Gasteiger partial charge in [0.15, 0.2) is 0 Å². The van der Waals surface area contributed by atoms with Crippen LogP contribution in [0.5, 0.6) is 0 Å². The quantitative estimate of drug-likeness (QED) is 0.227. The van der Waals surface area contributed by atoms with Crippen LogP contribution in [0.15, 0.2) is 0 Å². The molecule has 0 aliphatic rings. The van der Waals surface area contributed by atoms with Gasteiger partial charge in [0.05, 0.1) is 0 Å². The van der Waals surface area contributed by atoms with Crippen molar-refractivity contribution in [2.24, 2.45) is 0 Å². The maximum Gasteiger partial charge on any atom is -0.0590 e. The summed E-state index contributed by atoms with van der Waals surface area (Å²) in [5.74, 6) is 0. The van der Waals surface area contributed by atoms with Gasteiger partial charge in [-0.1, -0.05) is 495 Å². The molecule has 0 atom stereocenters. The number of rotatable bonds is 0. The van der Waals surface area contributed by atoms with Crippen LogP contribution < -0.4 is 0 Å². The molecule has 0 unspecified atom stereocenters. The van der Waals surface area contributed by atoms with Crippen LogP contribution in [0.4, 0.5) is 0 Å². The summed E-state index contributed by atoms with van der Waals surface area (Å²) in [5, 5.41) is 0. The van der Waals surface area contributed by atoms with Crippen molar-refractivity contribution in [2.75, 3.05) is 0 Å². The van der Waals surface area contributed by atoms with Crippen LogP contribution in [0, 0.1) is 0 Å². The highest BCUT2D eigenvalue weighted by Crippen LogP contribution is 1.58. The molecule has 0 radical (unpaired) electrons. The minimum atomic E-state index is 0. The van der Waals surface area contributed by atoms with Crippen LogP contribution in [0.3, 0.4) is 0 Å². The van der Waals surface area contributed by atoms with Gasteiger partial charge in [-0.15, -0.1) is 0 Å². The summed E-state index contributed by atoms with van der Waals surface area (Å²) in [6, 6.07) is 0. The van der Waals surface area contributed by atoms with E-state index in [1.807, 2.05) is 318 Å². The van der Waals surface area contributed by atoms with E-state index < -0.39 is 0 Å². The molecule has 0 saturated heterocycles. The third-order valence-corrected chi connectivity index (χ3v) is 0. The monoisotopic (exact) mass is 1080 g/mol. The van der Waals surface area contributed by atoms with E-state index >= 15 is 0 Å². The van der Waals surface area contributed by atoms with E-state index in [0.717, 1.165) is 0 Å². The molecule has 0 heterocycles. The zero-order chi connectivity index (χ0) is 67.7. The van der Waals surface area contributed by atoms with Gasteiger partial charge >= 0.3 is 0 Å². The summed E-state index contributed by atoms with van der Waals surface area (Å²) >= 11 is 0. The molecule has 0 rings (SSSR count). The Hall–Kier alpha value is 0. The third kappa shape index (κ3) is 0. The number of hydrogen-bond acceptors (Lipinski definition) is 0. The van der Waals surface area contributed by atoms with E-state index in [1.165, 1.54) is 51.4 Å². The Balaban J connectivity index is -0.00000000705. The molecule has 498 valence electrons. The summed E-state index contributed by atoms with van der Waals surface area (Å²) in [6.07, 6.45) is 10.0. The normalized spacial score (nSPS) is 3.92. The molecule has 0 aromatic heterocycles. The van der Waals surface area contributed by atoms with Crippen molar-refractivity contribution in [3.63, 3.8) is 0 Å². The first-order valence-electron chi connectivity index (χ1n) is 34.3. The highest BCUT2D eigenvalue weighted by atomic mass is 13.4. The average molecular weight is 1080 g/mol. The van der Waals surface area contributed by atoms with Gasteiger partial charge in [0, 0.05) is 0 Å². The molecule has 0 saturated carbocycles. The lowest BCUT2D eigenvalue weighted by Crippen LogP contribution is -1.27. The Kier molecular flexibility index (Phi) is 18000. The standard InChI is InChI=1S/8C3H8.23C2H6.2CH4/c8*1-3-2;23*1-2;;/h8*3H2,1-2H3;23*1-2H3;2*1H4. The molecule has 0 fully saturated rings. The lowest BCUT2D eigenvalue weighted by molar-refractivity contribution is 1.09. The highest BCUT2D eigenvalue weighted by molar-refractivity contribution is 3.94. The maximum absolute atomic E-state index is 2.12. The predicted octanol–water partition coefficient (Wildman–Crippen LogP) is 36.2. The molecule has 0 spiro atoms. The fourth-order valence-corrected chi connectivity index (χ4v) is 0. The SMILES string of the molecule is C.C.CC.CC.CC.CC.CC.CC.CC.CC.CC.CC.CC.CC.CC.CC.CC.CC.CC.CC.CC.CC.CC.CC.CC.CCC.CCC.CCC.CCC.CCC.CCC.CCC.CCC. The fraction of sp³-hybridized carbons (Fsp3) is 1.00. The Morgan fingerprint density at radius 2 is 0.0833 bits per heavy atom. The lowest BCUT2D eigenvalue weighted by atomic mass is 10.6. The minimum Gasteiger partial charge on any atom is -0.0776 e. The molecule has 0 aliphatic carbocycles. The molecule has 72 heavy (non-hydrogen) atoms. The Bertz CT molecular complexity index is 24.0. The number of hydrogen-bond donors (Lipinski definition) is 0. The van der Waals surface area contributed by atoms with Crippen molar-refractivity contribution >= 4 is 0 Å². The average Bonchev–Trinajstić information content (AvgIpc) is 3.50. The second-order valence-electron chi connectivity index (χ2n) is 5.66. The van der Waals surface area contributed by atoms with Crippen LogP contribution in [0.1, 0.15) is 495 Å². The molecule has 0 bridgehead atoms. The minimum absolute atomic E-state index is 0. The van der Waals surface area contributed by atoms with Crippen molar-refractivity contribution in [1.29, 1.82) is 0 Å². The second-order valence-corrected chi connectivity index (χ2v) is 5.66. The summed E-state index contributed by atoms with van der Waals surface area (Å²) in [7, 11) is 0. The molecule has 0 amide bonds. The fourth-order valence-electron chi connectivity index (χ4n) is 0. The van der Waals surface area contributed by atoms with Gasteiger partial charge in [-0.25, -0.2) is 0 Å². The van der Waals surface area contributed by atoms with Crippen molar-refractivity contribution in [2.45, 2.75) is 495 Å². The smallest absolute Gasteiger partial charge is 0.0590 e. The Labute approximate surface area is 493 Å². The van der Waals surface area contributed by atoms with E-state index in [-0.39, 0.29) is 14.9 Å². The van der Waals surface area contributed by atoms with Crippen molar-refractivity contribution in [3.8, 4) is 0 Å². The third-order valence-electron chi connectivity index (χ3n) is 0. The van der Waals surface area contributed by atoms with Gasteiger partial charge in [-0.05, 0) is 0 Å². The van der Waals surface area contributed by atoms with E-state index in [2.05, 4.69) is 111 Å². The van der Waals surface area contributed by atoms with Crippen LogP contribution in [-0.2, 0) is 0 Å². The summed E-state index contributed by atoms with van der Waals surface area (Å²) in [6.45, 7) is 126. The van der Waals surface area contributed by atoms with Crippen LogP contribution in [0.25, 0.3) is 0 Å². The van der Waals surface area contributed by atoms with E-state index in [1.54, 1.807) is 0 Å². The second kappa shape index (κ2) is 5440. The van der Waals surface area contributed by atoms with Gasteiger partial charge in [-0.3, -0.25) is 0 Å². The van der Waals surface area contributed by atoms with Gasteiger partial charge < -0.3 is 0 Å². The first-order chi connectivity index (χ1) is 34.3. The molecule has 0 aromatic carbocycles. The van der Waals surface area contributed by atoms with Gasteiger partial charge in [0.1, 0.15) is 0 Å². The van der Waals surface area contributed by atoms with E-state index in [0.29, 0.717) is 0 Å². The van der Waals surface area contributed by atoms with Gasteiger partial charge in [-0.2, -0.15) is 0 Å². The van der Waals surface area contributed by atoms with E-state index in [4.69, 9.17) is 0 Å². The van der Waals surface area contributed by atoms with Crippen molar-refractivity contribution < 1.29 is 0 Å². The van der Waals surface area contributed by atoms with Crippen LogP contribution >= 0.6 is 0 Å². The maximum atomic E-state index is 2.12.